The SMILES string of the molecule is CC(C)(C)CN1CCCC[C@H]1Cc1c(C(=O)NCCO)sc2ccccc12. The first-order valence-electron chi connectivity index (χ1n) is 10.0. The number of carbonyl (C=O) groups excluding carboxylic acids is 1. The number of thiophene rings is 1. The van der Waals surface area contributed by atoms with E-state index >= 15 is 0 Å². The molecule has 0 unspecified atom stereocenters. The second kappa shape index (κ2) is 8.72. The van der Waals surface area contributed by atoms with E-state index in [9.17, 15) is 4.79 Å². The summed E-state index contributed by atoms with van der Waals surface area (Å²) in [5.74, 6) is -0.0570. The summed E-state index contributed by atoms with van der Waals surface area (Å²) in [5, 5.41) is 13.1. The topological polar surface area (TPSA) is 52.6 Å². The zero-order chi connectivity index (χ0) is 19.4. The van der Waals surface area contributed by atoms with Crippen LogP contribution in [0.4, 0.5) is 0 Å². The molecule has 4 nitrogen and oxygen atoms in total. The van der Waals surface area contributed by atoms with Crippen LogP contribution >= 0.6 is 11.3 Å². The summed E-state index contributed by atoms with van der Waals surface area (Å²) in [7, 11) is 0. The highest BCUT2D eigenvalue weighted by molar-refractivity contribution is 7.21. The van der Waals surface area contributed by atoms with Crippen LogP contribution in [-0.2, 0) is 6.42 Å². The molecule has 2 aromatic rings. The van der Waals surface area contributed by atoms with Gasteiger partial charge in [-0.1, -0.05) is 45.4 Å². The maximum absolute atomic E-state index is 12.7. The molecule has 1 atom stereocenters. The van der Waals surface area contributed by atoms with Crippen LogP contribution in [0.15, 0.2) is 24.3 Å². The van der Waals surface area contributed by atoms with Crippen molar-refractivity contribution < 1.29 is 9.90 Å². The Morgan fingerprint density at radius 2 is 2.07 bits per heavy atom. The number of likely N-dealkylation sites (tertiary alicyclic amines) is 1. The zero-order valence-corrected chi connectivity index (χ0v) is 17.6. The Hall–Kier alpha value is -1.43. The van der Waals surface area contributed by atoms with Crippen molar-refractivity contribution in [2.45, 2.75) is 52.5 Å². The molecular weight excluding hydrogens is 356 g/mol. The van der Waals surface area contributed by atoms with Crippen molar-refractivity contribution in [3.8, 4) is 0 Å². The Morgan fingerprint density at radius 1 is 1.30 bits per heavy atom. The van der Waals surface area contributed by atoms with Gasteiger partial charge >= 0.3 is 0 Å². The number of hydrogen-bond donors (Lipinski definition) is 2. The van der Waals surface area contributed by atoms with E-state index in [-0.39, 0.29) is 17.9 Å². The van der Waals surface area contributed by atoms with Crippen molar-refractivity contribution in [2.75, 3.05) is 26.2 Å². The smallest absolute Gasteiger partial charge is 0.261 e. The molecule has 1 aromatic heterocycles. The molecule has 1 amide bonds. The van der Waals surface area contributed by atoms with Crippen LogP contribution in [-0.4, -0.2) is 48.2 Å². The molecule has 27 heavy (non-hydrogen) atoms. The molecule has 148 valence electrons. The lowest BCUT2D eigenvalue weighted by atomic mass is 9.89. The van der Waals surface area contributed by atoms with Gasteiger partial charge in [-0.3, -0.25) is 9.69 Å². The number of amides is 1. The summed E-state index contributed by atoms with van der Waals surface area (Å²) in [6.45, 7) is 9.40. The van der Waals surface area contributed by atoms with Gasteiger partial charge in [0.05, 0.1) is 11.5 Å². The second-order valence-corrected chi connectivity index (χ2v) is 9.82. The third kappa shape index (κ3) is 5.09. The Labute approximate surface area is 166 Å². The van der Waals surface area contributed by atoms with E-state index in [2.05, 4.69) is 49.2 Å². The molecule has 2 N–H and O–H groups in total. The van der Waals surface area contributed by atoms with E-state index in [0.717, 1.165) is 24.4 Å². The molecule has 0 aliphatic carbocycles. The van der Waals surface area contributed by atoms with Gasteiger partial charge in [0.1, 0.15) is 0 Å². The summed E-state index contributed by atoms with van der Waals surface area (Å²) in [6.07, 6.45) is 4.64. The van der Waals surface area contributed by atoms with Crippen LogP contribution in [0.3, 0.4) is 0 Å². The average molecular weight is 389 g/mol. The van der Waals surface area contributed by atoms with Crippen LogP contribution in [0, 0.1) is 5.41 Å². The van der Waals surface area contributed by atoms with Gasteiger partial charge in [-0.15, -0.1) is 11.3 Å². The molecule has 3 rings (SSSR count). The number of nitrogens with zero attached hydrogens (tertiary/aromatic N) is 1. The molecular formula is C22H32N2O2S. The van der Waals surface area contributed by atoms with E-state index in [1.807, 2.05) is 6.07 Å². The van der Waals surface area contributed by atoms with Crippen LogP contribution in [0.1, 0.15) is 55.3 Å². The standard InChI is InChI=1S/C22H32N2O2S/c1-22(2,3)15-24-12-7-6-8-16(24)14-18-17-9-4-5-10-19(17)27-20(18)21(26)23-11-13-25/h4-5,9-10,16,25H,6-8,11-15H2,1-3H3,(H,23,26)/t16-/m0/s1. The van der Waals surface area contributed by atoms with E-state index in [4.69, 9.17) is 5.11 Å². The van der Waals surface area contributed by atoms with E-state index in [0.29, 0.717) is 12.6 Å². The molecule has 2 heterocycles. The lowest BCUT2D eigenvalue weighted by molar-refractivity contribution is 0.0940. The maximum atomic E-state index is 12.7. The zero-order valence-electron chi connectivity index (χ0n) is 16.8. The molecule has 0 bridgehead atoms. The fourth-order valence-corrected chi connectivity index (χ4v) is 5.23. The van der Waals surface area contributed by atoms with Crippen molar-refractivity contribution >= 4 is 27.3 Å². The maximum Gasteiger partial charge on any atom is 0.261 e. The summed E-state index contributed by atoms with van der Waals surface area (Å²) >= 11 is 1.57. The highest BCUT2D eigenvalue weighted by atomic mass is 32.1. The highest BCUT2D eigenvalue weighted by Crippen LogP contribution is 2.34. The fraction of sp³-hybridized carbons (Fsp3) is 0.591. The van der Waals surface area contributed by atoms with Crippen molar-refractivity contribution in [1.82, 2.24) is 10.2 Å². The van der Waals surface area contributed by atoms with Gasteiger partial charge in [-0.05, 0) is 48.2 Å². The van der Waals surface area contributed by atoms with Crippen LogP contribution in [0.5, 0.6) is 0 Å². The lowest BCUT2D eigenvalue weighted by Gasteiger charge is -2.39. The van der Waals surface area contributed by atoms with Gasteiger partial charge in [-0.2, -0.15) is 0 Å². The number of nitrogens with one attached hydrogen (secondary N) is 1. The summed E-state index contributed by atoms with van der Waals surface area (Å²) in [4.78, 5) is 16.2. The first kappa shape index (κ1) is 20.3. The van der Waals surface area contributed by atoms with Crippen LogP contribution in [0.2, 0.25) is 0 Å². The van der Waals surface area contributed by atoms with Gasteiger partial charge < -0.3 is 10.4 Å². The van der Waals surface area contributed by atoms with Crippen molar-refractivity contribution in [1.29, 1.82) is 0 Å². The molecule has 0 radical (unpaired) electrons. The largest absolute Gasteiger partial charge is 0.395 e. The van der Waals surface area contributed by atoms with E-state index in [1.54, 1.807) is 11.3 Å². The molecule has 0 spiro atoms. The summed E-state index contributed by atoms with van der Waals surface area (Å²) in [5.41, 5.74) is 1.45. The third-order valence-electron chi connectivity index (χ3n) is 5.17. The minimum Gasteiger partial charge on any atom is -0.395 e. The van der Waals surface area contributed by atoms with Gasteiger partial charge in [0, 0.05) is 23.8 Å². The molecule has 5 heteroatoms. The Bertz CT molecular complexity index is 778. The van der Waals surface area contributed by atoms with Gasteiger partial charge in [0.2, 0.25) is 0 Å². The quantitative estimate of drug-likeness (QED) is 0.784. The first-order chi connectivity index (χ1) is 12.9. The van der Waals surface area contributed by atoms with Crippen molar-refractivity contribution in [3.05, 3.63) is 34.7 Å². The third-order valence-corrected chi connectivity index (χ3v) is 6.38. The number of aliphatic hydroxyl groups excluding tert-OH is 1. The fourth-order valence-electron chi connectivity index (χ4n) is 4.08. The van der Waals surface area contributed by atoms with Crippen molar-refractivity contribution in [3.63, 3.8) is 0 Å². The number of aliphatic hydroxyl groups is 1. The molecule has 1 fully saturated rings. The molecule has 1 aromatic carbocycles. The normalized spacial score (nSPS) is 18.7. The predicted molar refractivity (Wildman–Crippen MR) is 114 cm³/mol. The lowest BCUT2D eigenvalue weighted by Crippen LogP contribution is -2.45. The van der Waals surface area contributed by atoms with Gasteiger partial charge in [0.25, 0.3) is 5.91 Å². The molecule has 1 aliphatic rings. The number of piperidine rings is 1. The van der Waals surface area contributed by atoms with E-state index in [1.165, 1.54) is 34.9 Å². The second-order valence-electron chi connectivity index (χ2n) is 8.77. The molecule has 1 saturated heterocycles. The minimum absolute atomic E-state index is 0.0338. The van der Waals surface area contributed by atoms with Gasteiger partial charge in [-0.25, -0.2) is 0 Å². The summed E-state index contributed by atoms with van der Waals surface area (Å²) < 4.78 is 1.17. The summed E-state index contributed by atoms with van der Waals surface area (Å²) in [6, 6.07) is 8.81. The average Bonchev–Trinajstić information content (AvgIpc) is 2.99. The monoisotopic (exact) mass is 388 g/mol. The molecule has 0 saturated carbocycles. The van der Waals surface area contributed by atoms with Gasteiger partial charge in [0.15, 0.2) is 0 Å². The van der Waals surface area contributed by atoms with Crippen molar-refractivity contribution in [2.24, 2.45) is 5.41 Å². The molecule has 1 aliphatic heterocycles. The number of fused-ring (bicyclic) bond motifs is 1. The Balaban J connectivity index is 1.90. The highest BCUT2D eigenvalue weighted by Gasteiger charge is 2.29. The number of benzene rings is 1. The van der Waals surface area contributed by atoms with E-state index < -0.39 is 0 Å². The number of rotatable bonds is 6. The Morgan fingerprint density at radius 3 is 2.81 bits per heavy atom. The number of hydrogen-bond acceptors (Lipinski definition) is 4. The predicted octanol–water partition coefficient (Wildman–Crippen LogP) is 4.07. The Kier molecular flexibility index (Phi) is 6.56. The number of carbonyl (C=O) groups is 1. The van der Waals surface area contributed by atoms with Crippen LogP contribution < -0.4 is 5.32 Å². The van der Waals surface area contributed by atoms with Crippen LogP contribution in [0.25, 0.3) is 10.1 Å². The first-order valence-corrected chi connectivity index (χ1v) is 10.8. The minimum atomic E-state index is -0.0570.